The zero-order valence-corrected chi connectivity index (χ0v) is 14.5. The number of para-hydroxylation sites is 1. The van der Waals surface area contributed by atoms with Crippen LogP contribution in [0.4, 0.5) is 5.82 Å². The normalized spacial score (nSPS) is 20.3. The standard InChI is InChI=1S/C20H22N4O/c1-23(20(25)14-8-9-14)17-6-4-10-24(13-17)19-16(12-21)11-15-5-2-3-7-18(15)22-19/h2-3,5,7,11,14,17H,4,6,8-10,13H2,1H3. The molecule has 128 valence electrons. The maximum Gasteiger partial charge on any atom is 0.225 e. The van der Waals surface area contributed by atoms with Gasteiger partial charge in [0.25, 0.3) is 0 Å². The van der Waals surface area contributed by atoms with Crippen LogP contribution in [0.2, 0.25) is 0 Å². The van der Waals surface area contributed by atoms with E-state index >= 15 is 0 Å². The van der Waals surface area contributed by atoms with Gasteiger partial charge < -0.3 is 9.80 Å². The highest BCUT2D eigenvalue weighted by atomic mass is 16.2. The molecule has 1 atom stereocenters. The summed E-state index contributed by atoms with van der Waals surface area (Å²) in [6.45, 7) is 1.62. The molecular formula is C20H22N4O. The lowest BCUT2D eigenvalue weighted by atomic mass is 10.0. The van der Waals surface area contributed by atoms with E-state index in [2.05, 4.69) is 11.0 Å². The Morgan fingerprint density at radius 2 is 2.12 bits per heavy atom. The fourth-order valence-electron chi connectivity index (χ4n) is 3.69. The van der Waals surface area contributed by atoms with Crippen LogP contribution in [0.1, 0.15) is 31.2 Å². The number of carbonyl (C=O) groups is 1. The number of nitriles is 1. The summed E-state index contributed by atoms with van der Waals surface area (Å²) in [6, 6.07) is 12.3. The predicted octanol–water partition coefficient (Wildman–Crippen LogP) is 2.94. The molecular weight excluding hydrogens is 312 g/mol. The zero-order valence-electron chi connectivity index (χ0n) is 14.5. The van der Waals surface area contributed by atoms with Crippen LogP contribution < -0.4 is 4.90 Å². The largest absolute Gasteiger partial charge is 0.353 e. The first-order valence-corrected chi connectivity index (χ1v) is 8.99. The quantitative estimate of drug-likeness (QED) is 0.866. The van der Waals surface area contributed by atoms with Gasteiger partial charge in [0.1, 0.15) is 11.9 Å². The summed E-state index contributed by atoms with van der Waals surface area (Å²) in [7, 11) is 1.92. The lowest BCUT2D eigenvalue weighted by molar-refractivity contribution is -0.133. The third-order valence-electron chi connectivity index (χ3n) is 5.34. The van der Waals surface area contributed by atoms with E-state index in [0.29, 0.717) is 5.56 Å². The van der Waals surface area contributed by atoms with Gasteiger partial charge in [-0.25, -0.2) is 4.98 Å². The fourth-order valence-corrected chi connectivity index (χ4v) is 3.69. The number of pyridine rings is 1. The number of anilines is 1. The lowest BCUT2D eigenvalue weighted by Gasteiger charge is -2.38. The molecule has 1 aromatic heterocycles. The summed E-state index contributed by atoms with van der Waals surface area (Å²) in [5, 5.41) is 10.6. The molecule has 1 aliphatic heterocycles. The Morgan fingerprint density at radius 3 is 2.88 bits per heavy atom. The first-order chi connectivity index (χ1) is 12.2. The molecule has 0 spiro atoms. The number of aromatic nitrogens is 1. The molecule has 1 saturated heterocycles. The van der Waals surface area contributed by atoms with E-state index in [4.69, 9.17) is 4.98 Å². The molecule has 0 N–H and O–H groups in total. The lowest BCUT2D eigenvalue weighted by Crippen LogP contribution is -2.49. The van der Waals surface area contributed by atoms with E-state index < -0.39 is 0 Å². The Hall–Kier alpha value is -2.61. The van der Waals surface area contributed by atoms with Crippen molar-refractivity contribution in [2.24, 2.45) is 5.92 Å². The number of hydrogen-bond donors (Lipinski definition) is 0. The van der Waals surface area contributed by atoms with Crippen LogP contribution in [-0.4, -0.2) is 42.0 Å². The Kier molecular flexibility index (Phi) is 4.04. The minimum atomic E-state index is 0.196. The average molecular weight is 334 g/mol. The molecule has 5 heteroatoms. The van der Waals surface area contributed by atoms with Gasteiger partial charge in [0.15, 0.2) is 0 Å². The predicted molar refractivity (Wildman–Crippen MR) is 97.2 cm³/mol. The third-order valence-corrected chi connectivity index (χ3v) is 5.34. The van der Waals surface area contributed by atoms with Crippen molar-refractivity contribution in [3.8, 4) is 6.07 Å². The van der Waals surface area contributed by atoms with Gasteiger partial charge in [-0.1, -0.05) is 18.2 Å². The van der Waals surface area contributed by atoms with E-state index in [0.717, 1.165) is 55.5 Å². The Balaban J connectivity index is 1.61. The molecule has 1 saturated carbocycles. The Labute approximate surface area is 147 Å². The SMILES string of the molecule is CN(C(=O)C1CC1)C1CCCN(c2nc3ccccc3cc2C#N)C1. The van der Waals surface area contributed by atoms with Gasteiger partial charge >= 0.3 is 0 Å². The summed E-state index contributed by atoms with van der Waals surface area (Å²) in [4.78, 5) is 21.2. The highest BCUT2D eigenvalue weighted by Gasteiger charge is 2.36. The molecule has 2 fully saturated rings. The molecule has 0 radical (unpaired) electrons. The molecule has 1 unspecified atom stereocenters. The number of likely N-dealkylation sites (N-methyl/N-ethyl adjacent to an activating group) is 1. The van der Waals surface area contributed by atoms with Gasteiger partial charge in [0, 0.05) is 37.5 Å². The zero-order chi connectivity index (χ0) is 17.4. The maximum atomic E-state index is 12.4. The molecule has 4 rings (SSSR count). The topological polar surface area (TPSA) is 60.2 Å². The number of rotatable bonds is 3. The van der Waals surface area contributed by atoms with E-state index in [-0.39, 0.29) is 17.9 Å². The van der Waals surface area contributed by atoms with Crippen molar-refractivity contribution in [3.05, 3.63) is 35.9 Å². The van der Waals surface area contributed by atoms with Crippen molar-refractivity contribution >= 4 is 22.6 Å². The number of hydrogen-bond acceptors (Lipinski definition) is 4. The van der Waals surface area contributed by atoms with Crippen LogP contribution in [0.5, 0.6) is 0 Å². The minimum absolute atomic E-state index is 0.196. The highest BCUT2D eigenvalue weighted by Crippen LogP contribution is 2.33. The van der Waals surface area contributed by atoms with Gasteiger partial charge in [0.05, 0.1) is 11.1 Å². The van der Waals surface area contributed by atoms with E-state index in [9.17, 15) is 10.1 Å². The molecule has 2 heterocycles. The summed E-state index contributed by atoms with van der Waals surface area (Å²) in [6.07, 6.45) is 4.09. The van der Waals surface area contributed by atoms with Gasteiger partial charge in [-0.15, -0.1) is 0 Å². The summed E-state index contributed by atoms with van der Waals surface area (Å²) in [5.74, 6) is 1.27. The van der Waals surface area contributed by atoms with Crippen molar-refractivity contribution in [3.63, 3.8) is 0 Å². The first-order valence-electron chi connectivity index (χ1n) is 8.99. The maximum absolute atomic E-state index is 12.4. The van der Waals surface area contributed by atoms with Crippen molar-refractivity contribution in [2.45, 2.75) is 31.7 Å². The second kappa shape index (κ2) is 6.36. The van der Waals surface area contributed by atoms with Crippen LogP contribution >= 0.6 is 0 Å². The van der Waals surface area contributed by atoms with Crippen molar-refractivity contribution < 1.29 is 4.79 Å². The molecule has 1 aromatic carbocycles. The van der Waals surface area contributed by atoms with Crippen LogP contribution in [0.3, 0.4) is 0 Å². The van der Waals surface area contributed by atoms with Crippen molar-refractivity contribution in [1.82, 2.24) is 9.88 Å². The number of piperidine rings is 1. The Morgan fingerprint density at radius 1 is 1.32 bits per heavy atom. The highest BCUT2D eigenvalue weighted by molar-refractivity contribution is 5.83. The first kappa shape index (κ1) is 15.9. The van der Waals surface area contributed by atoms with Crippen molar-refractivity contribution in [2.75, 3.05) is 25.0 Å². The van der Waals surface area contributed by atoms with Gasteiger partial charge in [-0.05, 0) is 37.8 Å². The van der Waals surface area contributed by atoms with Crippen LogP contribution in [-0.2, 0) is 4.79 Å². The minimum Gasteiger partial charge on any atom is -0.353 e. The number of fused-ring (bicyclic) bond motifs is 1. The van der Waals surface area contributed by atoms with E-state index in [1.807, 2.05) is 42.3 Å². The van der Waals surface area contributed by atoms with Gasteiger partial charge in [0.2, 0.25) is 5.91 Å². The molecule has 1 aliphatic carbocycles. The summed E-state index contributed by atoms with van der Waals surface area (Å²) in [5.41, 5.74) is 1.51. The summed E-state index contributed by atoms with van der Waals surface area (Å²) < 4.78 is 0. The van der Waals surface area contributed by atoms with E-state index in [1.54, 1.807) is 0 Å². The third kappa shape index (κ3) is 3.05. The molecule has 25 heavy (non-hydrogen) atoms. The van der Waals surface area contributed by atoms with E-state index in [1.165, 1.54) is 0 Å². The number of nitrogens with zero attached hydrogens (tertiary/aromatic N) is 4. The number of amides is 1. The van der Waals surface area contributed by atoms with Crippen molar-refractivity contribution in [1.29, 1.82) is 5.26 Å². The monoisotopic (exact) mass is 334 g/mol. The molecule has 2 aromatic rings. The fraction of sp³-hybridized carbons (Fsp3) is 0.450. The number of carbonyl (C=O) groups excluding carboxylic acids is 1. The van der Waals surface area contributed by atoms with Crippen LogP contribution in [0, 0.1) is 17.2 Å². The van der Waals surface area contributed by atoms with Crippen LogP contribution in [0.15, 0.2) is 30.3 Å². The average Bonchev–Trinajstić information content (AvgIpc) is 3.51. The molecule has 1 amide bonds. The second-order valence-corrected chi connectivity index (χ2v) is 7.13. The second-order valence-electron chi connectivity index (χ2n) is 7.13. The molecule has 0 bridgehead atoms. The smallest absolute Gasteiger partial charge is 0.225 e. The van der Waals surface area contributed by atoms with Gasteiger partial charge in [-0.3, -0.25) is 4.79 Å². The molecule has 5 nitrogen and oxygen atoms in total. The molecule has 2 aliphatic rings. The number of benzene rings is 1. The van der Waals surface area contributed by atoms with Gasteiger partial charge in [-0.2, -0.15) is 5.26 Å². The summed E-state index contributed by atoms with van der Waals surface area (Å²) >= 11 is 0. The van der Waals surface area contributed by atoms with Crippen LogP contribution in [0.25, 0.3) is 10.9 Å². The Bertz CT molecular complexity index is 852.